The van der Waals surface area contributed by atoms with E-state index in [0.717, 1.165) is 30.5 Å². The van der Waals surface area contributed by atoms with Crippen LogP contribution >= 0.6 is 0 Å². The van der Waals surface area contributed by atoms with Crippen LogP contribution in [0.1, 0.15) is 12.0 Å². The molecule has 0 amide bonds. The largest absolute Gasteiger partial charge is 0.508 e. The molecule has 2 aromatic carbocycles. The Morgan fingerprint density at radius 2 is 1.94 bits per heavy atom. The Morgan fingerprint density at radius 1 is 1.18 bits per heavy atom. The molecule has 1 atom stereocenters. The highest BCUT2D eigenvalue weighted by atomic mass is 16.3. The molecule has 3 rings (SSSR count). The number of hydrogen-bond acceptors (Lipinski definition) is 2. The van der Waals surface area contributed by atoms with Gasteiger partial charge in [-0.25, -0.2) is 0 Å². The lowest BCUT2D eigenvalue weighted by atomic mass is 9.96. The van der Waals surface area contributed by atoms with E-state index in [4.69, 9.17) is 0 Å². The zero-order chi connectivity index (χ0) is 11.7. The van der Waals surface area contributed by atoms with Gasteiger partial charge >= 0.3 is 0 Å². The monoisotopic (exact) mass is 227 g/mol. The van der Waals surface area contributed by atoms with Crippen LogP contribution in [0.2, 0.25) is 0 Å². The zero-order valence-corrected chi connectivity index (χ0v) is 9.82. The van der Waals surface area contributed by atoms with Gasteiger partial charge < -0.3 is 10.4 Å². The van der Waals surface area contributed by atoms with E-state index >= 15 is 0 Å². The summed E-state index contributed by atoms with van der Waals surface area (Å²) in [6.45, 7) is 2.19. The fourth-order valence-corrected chi connectivity index (χ4v) is 2.64. The highest BCUT2D eigenvalue weighted by molar-refractivity contribution is 5.84. The van der Waals surface area contributed by atoms with Crippen molar-refractivity contribution in [2.45, 2.75) is 12.8 Å². The molecule has 0 spiro atoms. The van der Waals surface area contributed by atoms with Crippen LogP contribution in [0, 0.1) is 5.92 Å². The summed E-state index contributed by atoms with van der Waals surface area (Å²) in [6.07, 6.45) is 2.19. The molecule has 1 saturated heterocycles. The molecule has 0 aromatic heterocycles. The summed E-state index contributed by atoms with van der Waals surface area (Å²) in [5.41, 5.74) is 1.08. The lowest BCUT2D eigenvalue weighted by Crippen LogP contribution is -2.10. The molecule has 0 bridgehead atoms. The first-order chi connectivity index (χ1) is 8.33. The van der Waals surface area contributed by atoms with Gasteiger partial charge in [0.2, 0.25) is 0 Å². The lowest BCUT2D eigenvalue weighted by molar-refractivity contribution is 0.460. The normalized spacial score (nSPS) is 19.9. The second kappa shape index (κ2) is 4.38. The first-order valence-electron chi connectivity index (χ1n) is 6.24. The molecule has 17 heavy (non-hydrogen) atoms. The average Bonchev–Trinajstić information content (AvgIpc) is 2.83. The van der Waals surface area contributed by atoms with Crippen molar-refractivity contribution in [3.63, 3.8) is 0 Å². The third-order valence-corrected chi connectivity index (χ3v) is 3.62. The molecule has 2 aromatic rings. The van der Waals surface area contributed by atoms with Gasteiger partial charge in [-0.1, -0.05) is 24.3 Å². The number of fused-ring (bicyclic) bond motifs is 1. The molecule has 0 saturated carbocycles. The van der Waals surface area contributed by atoms with Crippen molar-refractivity contribution >= 4 is 10.8 Å². The summed E-state index contributed by atoms with van der Waals surface area (Å²) in [7, 11) is 0. The van der Waals surface area contributed by atoms with E-state index in [1.54, 1.807) is 0 Å². The predicted octanol–water partition coefficient (Wildman–Crippen LogP) is 2.70. The fraction of sp³-hybridized carbons (Fsp3) is 0.333. The van der Waals surface area contributed by atoms with Crippen LogP contribution in [-0.4, -0.2) is 18.2 Å². The fourth-order valence-electron chi connectivity index (χ4n) is 2.64. The number of phenolic OH excluding ortho intramolecular Hbond substituents is 1. The maximum absolute atomic E-state index is 10.0. The molecule has 2 heteroatoms. The second-order valence-corrected chi connectivity index (χ2v) is 4.89. The van der Waals surface area contributed by atoms with Crippen LogP contribution < -0.4 is 5.32 Å². The first kappa shape index (κ1) is 10.6. The minimum atomic E-state index is 0.440. The summed E-state index contributed by atoms with van der Waals surface area (Å²) >= 11 is 0. The molecule has 1 aliphatic heterocycles. The minimum absolute atomic E-state index is 0.440. The summed E-state index contributed by atoms with van der Waals surface area (Å²) in [5, 5.41) is 15.7. The number of hydrogen-bond donors (Lipinski definition) is 2. The van der Waals surface area contributed by atoms with Crippen LogP contribution in [0.4, 0.5) is 0 Å². The Hall–Kier alpha value is -1.54. The van der Waals surface area contributed by atoms with E-state index < -0.39 is 0 Å². The standard InChI is InChI=1S/C15H17NO/c17-15-9-13-4-2-1-3-12(13)8-14(15)7-11-5-6-16-10-11/h1-4,8-9,11,16-17H,5-7,10H2. The van der Waals surface area contributed by atoms with Gasteiger partial charge in [0.25, 0.3) is 0 Å². The van der Waals surface area contributed by atoms with Crippen molar-refractivity contribution in [3.8, 4) is 5.75 Å². The van der Waals surface area contributed by atoms with Crippen LogP contribution in [0.5, 0.6) is 5.75 Å². The molecule has 0 radical (unpaired) electrons. The number of rotatable bonds is 2. The molecule has 1 fully saturated rings. The Balaban J connectivity index is 1.95. The van der Waals surface area contributed by atoms with Crippen molar-refractivity contribution in [3.05, 3.63) is 42.0 Å². The molecule has 1 aliphatic rings. The third kappa shape index (κ3) is 2.13. The number of aromatic hydroxyl groups is 1. The molecular formula is C15H17NO. The summed E-state index contributed by atoms with van der Waals surface area (Å²) in [6, 6.07) is 12.2. The quantitative estimate of drug-likeness (QED) is 0.826. The van der Waals surface area contributed by atoms with Gasteiger partial charge in [-0.05, 0) is 60.3 Å². The van der Waals surface area contributed by atoms with Gasteiger partial charge in [0, 0.05) is 0 Å². The van der Waals surface area contributed by atoms with Crippen LogP contribution in [0.15, 0.2) is 36.4 Å². The molecule has 1 heterocycles. The maximum atomic E-state index is 10.0. The summed E-state index contributed by atoms with van der Waals surface area (Å²) in [4.78, 5) is 0. The predicted molar refractivity (Wildman–Crippen MR) is 70.3 cm³/mol. The molecule has 1 unspecified atom stereocenters. The molecule has 0 aliphatic carbocycles. The van der Waals surface area contributed by atoms with E-state index in [9.17, 15) is 5.11 Å². The van der Waals surface area contributed by atoms with Crippen molar-refractivity contribution in [1.29, 1.82) is 0 Å². The van der Waals surface area contributed by atoms with E-state index in [-0.39, 0.29) is 0 Å². The van der Waals surface area contributed by atoms with Gasteiger partial charge in [-0.15, -0.1) is 0 Å². The average molecular weight is 227 g/mol. The van der Waals surface area contributed by atoms with Gasteiger partial charge in [0.05, 0.1) is 0 Å². The van der Waals surface area contributed by atoms with Gasteiger partial charge in [0.15, 0.2) is 0 Å². The topological polar surface area (TPSA) is 32.3 Å². The Morgan fingerprint density at radius 3 is 2.65 bits per heavy atom. The SMILES string of the molecule is Oc1cc2ccccc2cc1CC1CCNC1. The zero-order valence-electron chi connectivity index (χ0n) is 9.82. The van der Waals surface area contributed by atoms with Crippen molar-refractivity contribution in [2.24, 2.45) is 5.92 Å². The van der Waals surface area contributed by atoms with Gasteiger partial charge in [0.1, 0.15) is 5.75 Å². The third-order valence-electron chi connectivity index (χ3n) is 3.62. The van der Waals surface area contributed by atoms with Crippen LogP contribution in [-0.2, 0) is 6.42 Å². The minimum Gasteiger partial charge on any atom is -0.508 e. The van der Waals surface area contributed by atoms with Crippen molar-refractivity contribution < 1.29 is 5.11 Å². The number of benzene rings is 2. The van der Waals surface area contributed by atoms with Crippen molar-refractivity contribution in [2.75, 3.05) is 13.1 Å². The second-order valence-electron chi connectivity index (χ2n) is 4.89. The highest BCUT2D eigenvalue weighted by Crippen LogP contribution is 2.28. The Kier molecular flexibility index (Phi) is 2.73. The van der Waals surface area contributed by atoms with E-state index in [1.165, 1.54) is 11.8 Å². The molecule has 2 nitrogen and oxygen atoms in total. The molecular weight excluding hydrogens is 210 g/mol. The molecule has 2 N–H and O–H groups in total. The maximum Gasteiger partial charge on any atom is 0.119 e. The summed E-state index contributed by atoms with van der Waals surface area (Å²) in [5.74, 6) is 1.11. The summed E-state index contributed by atoms with van der Waals surface area (Å²) < 4.78 is 0. The smallest absolute Gasteiger partial charge is 0.119 e. The van der Waals surface area contributed by atoms with Crippen molar-refractivity contribution in [1.82, 2.24) is 5.32 Å². The highest BCUT2D eigenvalue weighted by Gasteiger charge is 2.16. The van der Waals surface area contributed by atoms with Gasteiger partial charge in [-0.3, -0.25) is 0 Å². The Bertz CT molecular complexity index is 529. The lowest BCUT2D eigenvalue weighted by Gasteiger charge is -2.11. The first-order valence-corrected chi connectivity index (χ1v) is 6.24. The number of phenols is 1. The van der Waals surface area contributed by atoms with E-state index in [0.29, 0.717) is 11.7 Å². The Labute approximate surface area is 101 Å². The van der Waals surface area contributed by atoms with Crippen LogP contribution in [0.3, 0.4) is 0 Å². The van der Waals surface area contributed by atoms with Crippen LogP contribution in [0.25, 0.3) is 10.8 Å². The van der Waals surface area contributed by atoms with E-state index in [1.807, 2.05) is 24.3 Å². The molecule has 88 valence electrons. The van der Waals surface area contributed by atoms with E-state index in [2.05, 4.69) is 17.4 Å². The van der Waals surface area contributed by atoms with Gasteiger partial charge in [-0.2, -0.15) is 0 Å². The number of nitrogens with one attached hydrogen (secondary N) is 1.